The maximum absolute atomic E-state index is 11.8. The van der Waals surface area contributed by atoms with Crippen molar-refractivity contribution in [2.24, 2.45) is 12.8 Å². The van der Waals surface area contributed by atoms with Crippen LogP contribution in [0.4, 0.5) is 5.69 Å². The quantitative estimate of drug-likeness (QED) is 0.838. The highest BCUT2D eigenvalue weighted by atomic mass is 32.1. The predicted molar refractivity (Wildman–Crippen MR) is 63.1 cm³/mol. The molecule has 3 N–H and O–H groups in total. The summed E-state index contributed by atoms with van der Waals surface area (Å²) in [6.07, 6.45) is 3.30. The van der Waals surface area contributed by atoms with Crippen molar-refractivity contribution in [3.05, 3.63) is 34.8 Å². The van der Waals surface area contributed by atoms with Crippen molar-refractivity contribution in [3.63, 3.8) is 0 Å². The average molecular weight is 236 g/mol. The van der Waals surface area contributed by atoms with E-state index < -0.39 is 6.04 Å². The number of nitrogens with one attached hydrogen (secondary N) is 1. The third-order valence-corrected chi connectivity index (χ3v) is 3.06. The van der Waals surface area contributed by atoms with E-state index in [1.807, 2.05) is 17.5 Å². The lowest BCUT2D eigenvalue weighted by Crippen LogP contribution is -2.26. The number of carbonyl (C=O) groups excluding carboxylic acids is 1. The zero-order valence-electron chi connectivity index (χ0n) is 8.75. The van der Waals surface area contributed by atoms with Gasteiger partial charge in [0.05, 0.1) is 11.9 Å². The average Bonchev–Trinajstić information content (AvgIpc) is 2.88. The molecule has 0 saturated heterocycles. The molecule has 1 unspecified atom stereocenters. The number of hydrogen-bond acceptors (Lipinski definition) is 4. The molecule has 84 valence electrons. The van der Waals surface area contributed by atoms with Gasteiger partial charge in [0.2, 0.25) is 5.91 Å². The molecule has 6 heteroatoms. The van der Waals surface area contributed by atoms with Gasteiger partial charge in [0, 0.05) is 18.1 Å². The molecule has 0 radical (unpaired) electrons. The van der Waals surface area contributed by atoms with Crippen LogP contribution in [-0.4, -0.2) is 15.7 Å². The zero-order valence-corrected chi connectivity index (χ0v) is 9.57. The molecule has 1 atom stereocenters. The first kappa shape index (κ1) is 10.8. The van der Waals surface area contributed by atoms with Gasteiger partial charge in [0.1, 0.15) is 6.04 Å². The minimum absolute atomic E-state index is 0.226. The van der Waals surface area contributed by atoms with Gasteiger partial charge in [-0.05, 0) is 11.4 Å². The lowest BCUT2D eigenvalue weighted by Gasteiger charge is -2.08. The minimum Gasteiger partial charge on any atom is -0.322 e. The van der Waals surface area contributed by atoms with Gasteiger partial charge >= 0.3 is 0 Å². The van der Waals surface area contributed by atoms with Gasteiger partial charge in [0.15, 0.2) is 0 Å². The Balaban J connectivity index is 2.03. The molecule has 0 aliphatic heterocycles. The molecule has 0 saturated carbocycles. The Hall–Kier alpha value is -1.66. The first-order chi connectivity index (χ1) is 7.66. The molecule has 0 spiro atoms. The van der Waals surface area contributed by atoms with Crippen molar-refractivity contribution >= 4 is 22.9 Å². The third kappa shape index (κ3) is 2.29. The van der Waals surface area contributed by atoms with Crippen LogP contribution in [0, 0.1) is 0 Å². The van der Waals surface area contributed by atoms with E-state index in [4.69, 9.17) is 5.73 Å². The molecule has 2 heterocycles. The zero-order chi connectivity index (χ0) is 11.5. The topological polar surface area (TPSA) is 72.9 Å². The molecule has 16 heavy (non-hydrogen) atoms. The van der Waals surface area contributed by atoms with E-state index in [-0.39, 0.29) is 5.91 Å². The Morgan fingerprint density at radius 2 is 2.50 bits per heavy atom. The third-order valence-electron chi connectivity index (χ3n) is 2.10. The van der Waals surface area contributed by atoms with Crippen LogP contribution in [0.25, 0.3) is 0 Å². The molecule has 5 nitrogen and oxygen atoms in total. The number of rotatable bonds is 3. The summed E-state index contributed by atoms with van der Waals surface area (Å²) in [5.74, 6) is -0.226. The number of carbonyl (C=O) groups is 1. The normalized spacial score (nSPS) is 12.4. The van der Waals surface area contributed by atoms with E-state index in [2.05, 4.69) is 10.4 Å². The fraction of sp³-hybridized carbons (Fsp3) is 0.200. The lowest BCUT2D eigenvalue weighted by atomic mass is 10.2. The number of nitrogens with zero attached hydrogens (tertiary/aromatic N) is 2. The molecule has 2 aromatic rings. The van der Waals surface area contributed by atoms with Gasteiger partial charge in [-0.1, -0.05) is 6.07 Å². The standard InChI is InChI=1S/C10H12N4OS/c1-14-6-7(5-12-14)13-10(15)9(11)8-3-2-4-16-8/h2-6,9H,11H2,1H3,(H,13,15). The Kier molecular flexibility index (Phi) is 3.02. The van der Waals surface area contributed by atoms with E-state index in [1.165, 1.54) is 11.3 Å². The minimum atomic E-state index is -0.625. The van der Waals surface area contributed by atoms with E-state index in [0.29, 0.717) is 5.69 Å². The van der Waals surface area contributed by atoms with Crippen LogP contribution >= 0.6 is 11.3 Å². The van der Waals surface area contributed by atoms with Crippen LogP contribution in [0.5, 0.6) is 0 Å². The summed E-state index contributed by atoms with van der Waals surface area (Å²) >= 11 is 1.47. The molecule has 2 rings (SSSR count). The highest BCUT2D eigenvalue weighted by Gasteiger charge is 2.16. The summed E-state index contributed by atoms with van der Waals surface area (Å²) in [5.41, 5.74) is 6.46. The smallest absolute Gasteiger partial charge is 0.246 e. The number of aromatic nitrogens is 2. The fourth-order valence-electron chi connectivity index (χ4n) is 1.30. The fourth-order valence-corrected chi connectivity index (χ4v) is 2.03. The van der Waals surface area contributed by atoms with Crippen molar-refractivity contribution in [2.75, 3.05) is 5.32 Å². The van der Waals surface area contributed by atoms with E-state index in [0.717, 1.165) is 4.88 Å². The molecule has 2 aromatic heterocycles. The summed E-state index contributed by atoms with van der Waals surface area (Å²) in [7, 11) is 1.79. The van der Waals surface area contributed by atoms with Gasteiger partial charge in [-0.25, -0.2) is 0 Å². The summed E-state index contributed by atoms with van der Waals surface area (Å²) in [6.45, 7) is 0. The van der Waals surface area contributed by atoms with E-state index in [1.54, 1.807) is 24.1 Å². The van der Waals surface area contributed by atoms with Gasteiger partial charge < -0.3 is 11.1 Å². The molecule has 0 aliphatic carbocycles. The molecular formula is C10H12N4OS. The number of aryl methyl sites for hydroxylation is 1. The van der Waals surface area contributed by atoms with Crippen LogP contribution in [0.3, 0.4) is 0 Å². The second-order valence-corrected chi connectivity index (χ2v) is 4.36. The molecule has 1 amide bonds. The van der Waals surface area contributed by atoms with Gasteiger partial charge in [-0.3, -0.25) is 9.48 Å². The summed E-state index contributed by atoms with van der Waals surface area (Å²) in [4.78, 5) is 12.6. The van der Waals surface area contributed by atoms with Crippen LogP contribution < -0.4 is 11.1 Å². The van der Waals surface area contributed by atoms with Crippen LogP contribution in [0.2, 0.25) is 0 Å². The second-order valence-electron chi connectivity index (χ2n) is 3.39. The largest absolute Gasteiger partial charge is 0.322 e. The monoisotopic (exact) mass is 236 g/mol. The lowest BCUT2D eigenvalue weighted by molar-refractivity contribution is -0.117. The molecule has 0 aromatic carbocycles. The van der Waals surface area contributed by atoms with Gasteiger partial charge in [-0.2, -0.15) is 5.10 Å². The van der Waals surface area contributed by atoms with E-state index >= 15 is 0 Å². The summed E-state index contributed by atoms with van der Waals surface area (Å²) < 4.78 is 1.62. The number of amides is 1. The van der Waals surface area contributed by atoms with Crippen molar-refractivity contribution in [2.45, 2.75) is 6.04 Å². The van der Waals surface area contributed by atoms with Crippen LogP contribution in [0.15, 0.2) is 29.9 Å². The Morgan fingerprint density at radius 1 is 1.69 bits per heavy atom. The maximum atomic E-state index is 11.8. The van der Waals surface area contributed by atoms with Crippen molar-refractivity contribution in [3.8, 4) is 0 Å². The maximum Gasteiger partial charge on any atom is 0.246 e. The first-order valence-corrected chi connectivity index (χ1v) is 5.63. The van der Waals surface area contributed by atoms with Crippen molar-refractivity contribution in [1.82, 2.24) is 9.78 Å². The highest BCUT2D eigenvalue weighted by Crippen LogP contribution is 2.18. The molecule has 0 aliphatic rings. The number of anilines is 1. The Morgan fingerprint density at radius 3 is 3.06 bits per heavy atom. The summed E-state index contributed by atoms with van der Waals surface area (Å²) in [6, 6.07) is 3.09. The van der Waals surface area contributed by atoms with Gasteiger partial charge in [0.25, 0.3) is 0 Å². The molecule has 0 bridgehead atoms. The number of hydrogen-bond donors (Lipinski definition) is 2. The van der Waals surface area contributed by atoms with Crippen molar-refractivity contribution in [1.29, 1.82) is 0 Å². The first-order valence-electron chi connectivity index (χ1n) is 4.75. The second kappa shape index (κ2) is 4.46. The number of thiophene rings is 1. The van der Waals surface area contributed by atoms with Crippen LogP contribution in [0.1, 0.15) is 10.9 Å². The molecular weight excluding hydrogens is 224 g/mol. The Labute approximate surface area is 96.9 Å². The van der Waals surface area contributed by atoms with Crippen molar-refractivity contribution < 1.29 is 4.79 Å². The number of nitrogens with two attached hydrogens (primary N) is 1. The Bertz CT molecular complexity index is 477. The SMILES string of the molecule is Cn1cc(NC(=O)C(N)c2cccs2)cn1. The summed E-state index contributed by atoms with van der Waals surface area (Å²) in [5, 5.41) is 8.56. The van der Waals surface area contributed by atoms with Gasteiger partial charge in [-0.15, -0.1) is 11.3 Å². The van der Waals surface area contributed by atoms with Crippen LogP contribution in [-0.2, 0) is 11.8 Å². The predicted octanol–water partition coefficient (Wildman–Crippen LogP) is 1.12. The van der Waals surface area contributed by atoms with E-state index in [9.17, 15) is 4.79 Å². The molecule has 0 fully saturated rings. The highest BCUT2D eigenvalue weighted by molar-refractivity contribution is 7.10.